The van der Waals surface area contributed by atoms with Gasteiger partial charge in [0.25, 0.3) is 5.91 Å². The molecule has 1 amide bonds. The number of hydrogen-bond donors (Lipinski definition) is 1. The van der Waals surface area contributed by atoms with E-state index in [1.54, 1.807) is 0 Å². The van der Waals surface area contributed by atoms with Crippen molar-refractivity contribution in [1.29, 1.82) is 0 Å². The summed E-state index contributed by atoms with van der Waals surface area (Å²) in [6.45, 7) is 13.4. The SMILES string of the molecule is CCCN(C(=O)c1cc(C)n(C(C)C)c1C)C1CCNC1. The highest BCUT2D eigenvalue weighted by Crippen LogP contribution is 2.23. The van der Waals surface area contributed by atoms with Gasteiger partial charge in [-0.25, -0.2) is 0 Å². The topological polar surface area (TPSA) is 37.3 Å². The molecule has 2 heterocycles. The number of aryl methyl sites for hydroxylation is 1. The molecule has 21 heavy (non-hydrogen) atoms. The van der Waals surface area contributed by atoms with Crippen molar-refractivity contribution in [2.75, 3.05) is 19.6 Å². The van der Waals surface area contributed by atoms with E-state index < -0.39 is 0 Å². The second kappa shape index (κ2) is 6.65. The van der Waals surface area contributed by atoms with Crippen LogP contribution in [0.2, 0.25) is 0 Å². The summed E-state index contributed by atoms with van der Waals surface area (Å²) in [5.41, 5.74) is 3.15. The van der Waals surface area contributed by atoms with E-state index >= 15 is 0 Å². The normalized spacial score (nSPS) is 18.5. The van der Waals surface area contributed by atoms with Crippen molar-refractivity contribution in [3.63, 3.8) is 0 Å². The van der Waals surface area contributed by atoms with Crippen LogP contribution >= 0.6 is 0 Å². The molecule has 0 aromatic carbocycles. The van der Waals surface area contributed by atoms with Crippen LogP contribution in [0.25, 0.3) is 0 Å². The van der Waals surface area contributed by atoms with E-state index in [9.17, 15) is 4.79 Å². The van der Waals surface area contributed by atoms with Gasteiger partial charge in [0.2, 0.25) is 0 Å². The Hall–Kier alpha value is -1.29. The van der Waals surface area contributed by atoms with Gasteiger partial charge in [-0.15, -0.1) is 0 Å². The third kappa shape index (κ3) is 3.15. The van der Waals surface area contributed by atoms with E-state index in [-0.39, 0.29) is 5.91 Å². The zero-order valence-corrected chi connectivity index (χ0v) is 14.1. The Balaban J connectivity index is 2.30. The number of amides is 1. The Bertz CT molecular complexity index is 498. The number of carbonyl (C=O) groups is 1. The van der Waals surface area contributed by atoms with Crippen molar-refractivity contribution in [3.05, 3.63) is 23.0 Å². The van der Waals surface area contributed by atoms with E-state index in [2.05, 4.69) is 55.5 Å². The molecule has 1 atom stereocenters. The number of nitrogens with one attached hydrogen (secondary N) is 1. The first-order valence-electron chi connectivity index (χ1n) is 8.17. The second-order valence-electron chi connectivity index (χ2n) is 6.39. The maximum Gasteiger partial charge on any atom is 0.255 e. The van der Waals surface area contributed by atoms with Gasteiger partial charge in [-0.1, -0.05) is 6.92 Å². The smallest absolute Gasteiger partial charge is 0.255 e. The maximum absolute atomic E-state index is 13.0. The number of rotatable bonds is 5. The third-order valence-corrected chi connectivity index (χ3v) is 4.43. The van der Waals surface area contributed by atoms with Gasteiger partial charge in [-0.05, 0) is 53.1 Å². The molecule has 0 aliphatic carbocycles. The molecule has 1 aromatic rings. The lowest BCUT2D eigenvalue weighted by atomic mass is 10.1. The van der Waals surface area contributed by atoms with E-state index in [1.165, 1.54) is 5.69 Å². The summed E-state index contributed by atoms with van der Waals surface area (Å²) in [6.07, 6.45) is 2.07. The summed E-state index contributed by atoms with van der Waals surface area (Å²) >= 11 is 0. The summed E-state index contributed by atoms with van der Waals surface area (Å²) in [5.74, 6) is 0.200. The largest absolute Gasteiger partial charge is 0.346 e. The van der Waals surface area contributed by atoms with Gasteiger partial charge < -0.3 is 14.8 Å². The molecular formula is C17H29N3O. The molecule has 1 N–H and O–H groups in total. The van der Waals surface area contributed by atoms with Crippen molar-refractivity contribution < 1.29 is 4.79 Å². The summed E-state index contributed by atoms with van der Waals surface area (Å²) in [4.78, 5) is 15.1. The predicted octanol–water partition coefficient (Wildman–Crippen LogP) is 2.90. The molecule has 0 bridgehead atoms. The highest BCUT2D eigenvalue weighted by molar-refractivity contribution is 5.96. The van der Waals surface area contributed by atoms with Gasteiger partial charge in [0.1, 0.15) is 0 Å². The Morgan fingerprint density at radius 3 is 2.67 bits per heavy atom. The van der Waals surface area contributed by atoms with Crippen molar-refractivity contribution >= 4 is 5.91 Å². The zero-order chi connectivity index (χ0) is 15.6. The molecule has 4 nitrogen and oxygen atoms in total. The zero-order valence-electron chi connectivity index (χ0n) is 14.1. The number of nitrogens with zero attached hydrogens (tertiary/aromatic N) is 2. The predicted molar refractivity (Wildman–Crippen MR) is 86.9 cm³/mol. The number of carbonyl (C=O) groups excluding carboxylic acids is 1. The molecule has 1 fully saturated rings. The summed E-state index contributed by atoms with van der Waals surface area (Å²) in [6, 6.07) is 2.79. The van der Waals surface area contributed by atoms with Crippen LogP contribution in [0.5, 0.6) is 0 Å². The van der Waals surface area contributed by atoms with Gasteiger partial charge in [0.15, 0.2) is 0 Å². The monoisotopic (exact) mass is 291 g/mol. The van der Waals surface area contributed by atoms with Gasteiger partial charge in [0.05, 0.1) is 5.56 Å². The molecule has 1 aliphatic rings. The van der Waals surface area contributed by atoms with Gasteiger partial charge >= 0.3 is 0 Å². The molecule has 1 saturated heterocycles. The lowest BCUT2D eigenvalue weighted by molar-refractivity contribution is 0.0691. The van der Waals surface area contributed by atoms with Crippen LogP contribution in [-0.2, 0) is 0 Å². The molecule has 0 spiro atoms. The molecule has 4 heteroatoms. The average Bonchev–Trinajstić information content (AvgIpc) is 3.03. The highest BCUT2D eigenvalue weighted by atomic mass is 16.2. The summed E-state index contributed by atoms with van der Waals surface area (Å²) in [5, 5.41) is 3.37. The lowest BCUT2D eigenvalue weighted by Crippen LogP contribution is -2.42. The molecular weight excluding hydrogens is 262 g/mol. The first kappa shape index (κ1) is 16.1. The maximum atomic E-state index is 13.0. The first-order chi connectivity index (χ1) is 9.97. The van der Waals surface area contributed by atoms with Crippen LogP contribution in [0.4, 0.5) is 0 Å². The Morgan fingerprint density at radius 1 is 1.48 bits per heavy atom. The highest BCUT2D eigenvalue weighted by Gasteiger charge is 2.29. The van der Waals surface area contributed by atoms with Crippen LogP contribution in [0.15, 0.2) is 6.07 Å². The van der Waals surface area contributed by atoms with E-state index in [0.717, 1.165) is 43.7 Å². The first-order valence-corrected chi connectivity index (χ1v) is 8.17. The summed E-state index contributed by atoms with van der Waals surface area (Å²) < 4.78 is 2.25. The number of aromatic nitrogens is 1. The lowest BCUT2D eigenvalue weighted by Gasteiger charge is -2.28. The van der Waals surface area contributed by atoms with E-state index in [1.807, 2.05) is 0 Å². The Kier molecular flexibility index (Phi) is 5.09. The molecule has 0 saturated carbocycles. The van der Waals surface area contributed by atoms with E-state index in [0.29, 0.717) is 12.1 Å². The fourth-order valence-corrected chi connectivity index (χ4v) is 3.54. The van der Waals surface area contributed by atoms with Crippen LogP contribution in [0, 0.1) is 13.8 Å². The van der Waals surface area contributed by atoms with Crippen LogP contribution in [0.1, 0.15) is 61.4 Å². The second-order valence-corrected chi connectivity index (χ2v) is 6.39. The molecule has 1 unspecified atom stereocenters. The quantitative estimate of drug-likeness (QED) is 0.905. The molecule has 2 rings (SSSR count). The van der Waals surface area contributed by atoms with Crippen molar-refractivity contribution in [2.24, 2.45) is 0 Å². The average molecular weight is 291 g/mol. The fraction of sp³-hybridized carbons (Fsp3) is 0.706. The molecule has 1 aromatic heterocycles. The molecule has 0 radical (unpaired) electrons. The van der Waals surface area contributed by atoms with E-state index in [4.69, 9.17) is 0 Å². The van der Waals surface area contributed by atoms with Gasteiger partial charge in [0, 0.05) is 36.6 Å². The third-order valence-electron chi connectivity index (χ3n) is 4.43. The van der Waals surface area contributed by atoms with Gasteiger partial charge in [-0.2, -0.15) is 0 Å². The number of hydrogen-bond acceptors (Lipinski definition) is 2. The Labute approximate surface area is 128 Å². The van der Waals surface area contributed by atoms with Crippen LogP contribution in [0.3, 0.4) is 0 Å². The standard InChI is InChI=1S/C17H29N3O/c1-6-9-19(15-7-8-18-11-15)17(21)16-10-13(4)20(12(2)3)14(16)5/h10,12,15,18H,6-9,11H2,1-5H3. The van der Waals surface area contributed by atoms with Crippen molar-refractivity contribution in [3.8, 4) is 0 Å². The minimum absolute atomic E-state index is 0.200. The fourth-order valence-electron chi connectivity index (χ4n) is 3.54. The minimum Gasteiger partial charge on any atom is -0.346 e. The van der Waals surface area contributed by atoms with Gasteiger partial charge in [-0.3, -0.25) is 4.79 Å². The van der Waals surface area contributed by atoms with Crippen LogP contribution in [-0.4, -0.2) is 41.1 Å². The van der Waals surface area contributed by atoms with Crippen LogP contribution < -0.4 is 5.32 Å². The molecule has 118 valence electrons. The van der Waals surface area contributed by atoms with Crippen molar-refractivity contribution in [1.82, 2.24) is 14.8 Å². The summed E-state index contributed by atoms with van der Waals surface area (Å²) in [7, 11) is 0. The van der Waals surface area contributed by atoms with Crippen molar-refractivity contribution in [2.45, 2.75) is 59.5 Å². The Morgan fingerprint density at radius 2 is 2.19 bits per heavy atom. The minimum atomic E-state index is 0.200. The molecule has 1 aliphatic heterocycles.